The molecule has 90 valence electrons. The third kappa shape index (κ3) is 3.05. The second kappa shape index (κ2) is 5.29. The predicted molar refractivity (Wildman–Crippen MR) is 65.5 cm³/mol. The average Bonchev–Trinajstić information content (AvgIpc) is 2.71. The summed E-state index contributed by atoms with van der Waals surface area (Å²) in [5, 5.41) is 0.430. The van der Waals surface area contributed by atoms with Crippen LogP contribution in [0.25, 0.3) is 0 Å². The van der Waals surface area contributed by atoms with Gasteiger partial charge in [0, 0.05) is 24.2 Å². The van der Waals surface area contributed by atoms with Gasteiger partial charge in [-0.25, -0.2) is 9.37 Å². The van der Waals surface area contributed by atoms with Crippen molar-refractivity contribution in [2.75, 3.05) is 6.54 Å². The Hall–Kier alpha value is -1.39. The van der Waals surface area contributed by atoms with Crippen molar-refractivity contribution < 1.29 is 4.39 Å². The highest BCUT2D eigenvalue weighted by Crippen LogP contribution is 2.18. The summed E-state index contributed by atoms with van der Waals surface area (Å²) in [6.07, 6.45) is 4.40. The summed E-state index contributed by atoms with van der Waals surface area (Å²) in [5.74, 6) is -0.326. The lowest BCUT2D eigenvalue weighted by atomic mass is 10.2. The molecule has 0 unspecified atom stereocenters. The van der Waals surface area contributed by atoms with Crippen molar-refractivity contribution in [2.24, 2.45) is 5.73 Å². The molecule has 1 aromatic carbocycles. The Morgan fingerprint density at radius 2 is 2.24 bits per heavy atom. The van der Waals surface area contributed by atoms with Crippen LogP contribution in [0.5, 0.6) is 0 Å². The summed E-state index contributed by atoms with van der Waals surface area (Å²) in [5.41, 5.74) is 7.27. The Morgan fingerprint density at radius 3 is 2.94 bits per heavy atom. The Morgan fingerprint density at radius 1 is 1.41 bits per heavy atom. The first-order valence-electron chi connectivity index (χ1n) is 5.33. The van der Waals surface area contributed by atoms with E-state index in [0.717, 1.165) is 17.7 Å². The van der Waals surface area contributed by atoms with Crippen molar-refractivity contribution in [1.82, 2.24) is 9.55 Å². The number of imidazole rings is 1. The summed E-state index contributed by atoms with van der Waals surface area (Å²) in [6.45, 7) is 1.16. The molecule has 0 fully saturated rings. The summed E-state index contributed by atoms with van der Waals surface area (Å²) in [6, 6.07) is 4.40. The molecular formula is C12H13ClFN3. The van der Waals surface area contributed by atoms with Gasteiger partial charge in [-0.05, 0) is 24.2 Å². The van der Waals surface area contributed by atoms with Crippen molar-refractivity contribution in [1.29, 1.82) is 0 Å². The van der Waals surface area contributed by atoms with E-state index in [1.807, 2.05) is 10.8 Å². The number of hydrogen-bond donors (Lipinski definition) is 1. The fourth-order valence-corrected chi connectivity index (χ4v) is 1.84. The number of aromatic nitrogens is 2. The van der Waals surface area contributed by atoms with Gasteiger partial charge in [-0.15, -0.1) is 0 Å². The first-order chi connectivity index (χ1) is 8.19. The summed E-state index contributed by atoms with van der Waals surface area (Å²) < 4.78 is 14.8. The molecule has 0 aliphatic heterocycles. The molecule has 2 aromatic rings. The van der Waals surface area contributed by atoms with E-state index in [9.17, 15) is 4.39 Å². The van der Waals surface area contributed by atoms with E-state index < -0.39 is 0 Å². The molecule has 3 nitrogen and oxygen atoms in total. The van der Waals surface area contributed by atoms with E-state index in [1.165, 1.54) is 12.1 Å². The van der Waals surface area contributed by atoms with Crippen molar-refractivity contribution in [3.8, 4) is 0 Å². The van der Waals surface area contributed by atoms with Gasteiger partial charge in [0.05, 0.1) is 12.0 Å². The quantitative estimate of drug-likeness (QED) is 0.908. The van der Waals surface area contributed by atoms with Gasteiger partial charge in [-0.1, -0.05) is 17.7 Å². The van der Waals surface area contributed by atoms with Gasteiger partial charge in [0.25, 0.3) is 0 Å². The molecule has 1 heterocycles. The summed E-state index contributed by atoms with van der Waals surface area (Å²) >= 11 is 5.95. The molecule has 17 heavy (non-hydrogen) atoms. The molecule has 0 aliphatic rings. The van der Waals surface area contributed by atoms with Gasteiger partial charge < -0.3 is 10.3 Å². The highest BCUT2D eigenvalue weighted by molar-refractivity contribution is 6.31. The van der Waals surface area contributed by atoms with Crippen LogP contribution in [0.1, 0.15) is 11.3 Å². The van der Waals surface area contributed by atoms with Crippen LogP contribution in [0.2, 0.25) is 5.02 Å². The van der Waals surface area contributed by atoms with Crippen LogP contribution in [0.3, 0.4) is 0 Å². The molecule has 2 N–H and O–H groups in total. The maximum Gasteiger partial charge on any atom is 0.124 e. The third-order valence-corrected chi connectivity index (χ3v) is 2.81. The minimum atomic E-state index is -0.326. The van der Waals surface area contributed by atoms with E-state index >= 15 is 0 Å². The second-order valence-corrected chi connectivity index (χ2v) is 4.22. The van der Waals surface area contributed by atoms with Gasteiger partial charge >= 0.3 is 0 Å². The van der Waals surface area contributed by atoms with E-state index in [4.69, 9.17) is 17.3 Å². The minimum absolute atomic E-state index is 0.326. The fourth-order valence-electron chi connectivity index (χ4n) is 1.62. The second-order valence-electron chi connectivity index (χ2n) is 3.81. The SMILES string of the molecule is NCCc1cn(Cc2ccc(F)cc2Cl)cn1. The van der Waals surface area contributed by atoms with E-state index in [0.29, 0.717) is 18.1 Å². The zero-order valence-electron chi connectivity index (χ0n) is 9.24. The van der Waals surface area contributed by atoms with Gasteiger partial charge in [0.15, 0.2) is 0 Å². The van der Waals surface area contributed by atoms with Gasteiger partial charge in [0.1, 0.15) is 5.82 Å². The maximum absolute atomic E-state index is 12.9. The molecule has 1 aromatic heterocycles. The zero-order chi connectivity index (χ0) is 12.3. The van der Waals surface area contributed by atoms with Crippen molar-refractivity contribution >= 4 is 11.6 Å². The molecular weight excluding hydrogens is 241 g/mol. The lowest BCUT2D eigenvalue weighted by molar-refractivity contribution is 0.626. The molecule has 0 bridgehead atoms. The first kappa shape index (κ1) is 12.1. The van der Waals surface area contributed by atoms with Crippen molar-refractivity contribution in [3.05, 3.63) is 52.8 Å². The van der Waals surface area contributed by atoms with Crippen LogP contribution >= 0.6 is 11.6 Å². The lowest BCUT2D eigenvalue weighted by Gasteiger charge is -2.04. The molecule has 2 rings (SSSR count). The van der Waals surface area contributed by atoms with E-state index in [-0.39, 0.29) is 5.82 Å². The van der Waals surface area contributed by atoms with Crippen molar-refractivity contribution in [2.45, 2.75) is 13.0 Å². The highest BCUT2D eigenvalue weighted by atomic mass is 35.5. The molecule has 0 radical (unpaired) electrons. The normalized spacial score (nSPS) is 10.8. The Labute approximate surface area is 104 Å². The smallest absolute Gasteiger partial charge is 0.124 e. The molecule has 0 aliphatic carbocycles. The van der Waals surface area contributed by atoms with Crippen molar-refractivity contribution in [3.63, 3.8) is 0 Å². The van der Waals surface area contributed by atoms with Crippen LogP contribution in [0, 0.1) is 5.82 Å². The maximum atomic E-state index is 12.9. The third-order valence-electron chi connectivity index (χ3n) is 2.46. The molecule has 0 saturated heterocycles. The monoisotopic (exact) mass is 253 g/mol. The Balaban J connectivity index is 2.13. The molecule has 0 atom stereocenters. The minimum Gasteiger partial charge on any atom is -0.333 e. The van der Waals surface area contributed by atoms with E-state index in [1.54, 1.807) is 12.4 Å². The number of hydrogen-bond acceptors (Lipinski definition) is 2. The molecule has 0 saturated carbocycles. The van der Waals surface area contributed by atoms with Gasteiger partial charge in [-0.2, -0.15) is 0 Å². The fraction of sp³-hybridized carbons (Fsp3) is 0.250. The Kier molecular flexibility index (Phi) is 3.76. The number of halogens is 2. The number of nitrogens with zero attached hydrogens (tertiary/aromatic N) is 2. The number of nitrogens with two attached hydrogens (primary N) is 1. The summed E-state index contributed by atoms with van der Waals surface area (Å²) in [4.78, 5) is 4.22. The largest absolute Gasteiger partial charge is 0.333 e. The molecule has 0 spiro atoms. The Bertz CT molecular complexity index is 510. The lowest BCUT2D eigenvalue weighted by Crippen LogP contribution is -2.03. The average molecular weight is 254 g/mol. The van der Waals surface area contributed by atoms with Gasteiger partial charge in [-0.3, -0.25) is 0 Å². The standard InChI is InChI=1S/C12H13ClFN3/c13-12-5-10(14)2-1-9(12)6-17-7-11(3-4-15)16-8-17/h1-2,5,7-8H,3-4,6,15H2. The molecule has 5 heteroatoms. The van der Waals surface area contributed by atoms with Crippen LogP contribution < -0.4 is 5.73 Å². The van der Waals surface area contributed by atoms with Crippen LogP contribution in [-0.4, -0.2) is 16.1 Å². The summed E-state index contributed by atoms with van der Waals surface area (Å²) in [7, 11) is 0. The highest BCUT2D eigenvalue weighted by Gasteiger charge is 2.04. The first-order valence-corrected chi connectivity index (χ1v) is 5.71. The topological polar surface area (TPSA) is 43.8 Å². The molecule has 0 amide bonds. The van der Waals surface area contributed by atoms with Crippen LogP contribution in [-0.2, 0) is 13.0 Å². The van der Waals surface area contributed by atoms with E-state index in [2.05, 4.69) is 4.98 Å². The zero-order valence-corrected chi connectivity index (χ0v) is 9.99. The van der Waals surface area contributed by atoms with Crippen LogP contribution in [0.15, 0.2) is 30.7 Å². The van der Waals surface area contributed by atoms with Gasteiger partial charge in [0.2, 0.25) is 0 Å². The predicted octanol–water partition coefficient (Wildman–Crippen LogP) is 2.23. The number of rotatable bonds is 4. The number of benzene rings is 1. The van der Waals surface area contributed by atoms with Crippen LogP contribution in [0.4, 0.5) is 4.39 Å².